The minimum Gasteiger partial charge on any atom is -0.488 e. The molecule has 0 spiro atoms. The predicted octanol–water partition coefficient (Wildman–Crippen LogP) is 5.71. The Balaban J connectivity index is 1.67. The zero-order valence-corrected chi connectivity index (χ0v) is 14.2. The normalized spacial score (nSPS) is 13.4. The third kappa shape index (κ3) is 3.09. The van der Waals surface area contributed by atoms with Gasteiger partial charge in [-0.1, -0.05) is 60.1 Å². The Morgan fingerprint density at radius 1 is 1.00 bits per heavy atom. The van der Waals surface area contributed by atoms with Gasteiger partial charge in [-0.3, -0.25) is 4.79 Å². The first kappa shape index (κ1) is 15.7. The molecule has 0 unspecified atom stereocenters. The average Bonchev–Trinajstić information content (AvgIpc) is 2.66. The van der Waals surface area contributed by atoms with Gasteiger partial charge in [0.1, 0.15) is 12.4 Å². The number of rotatable bonds is 3. The van der Waals surface area contributed by atoms with E-state index in [2.05, 4.69) is 24.3 Å². The molecule has 0 atom stereocenters. The molecule has 3 aromatic carbocycles. The first-order valence-electron chi connectivity index (χ1n) is 8.04. The van der Waals surface area contributed by atoms with Gasteiger partial charge in [-0.2, -0.15) is 0 Å². The highest BCUT2D eigenvalue weighted by Gasteiger charge is 2.13. The van der Waals surface area contributed by atoms with Crippen molar-refractivity contribution in [1.82, 2.24) is 0 Å². The van der Waals surface area contributed by atoms with Gasteiger partial charge in [0.25, 0.3) is 0 Å². The van der Waals surface area contributed by atoms with Crippen LogP contribution in [0.1, 0.15) is 15.9 Å². The van der Waals surface area contributed by atoms with E-state index in [9.17, 15) is 4.79 Å². The van der Waals surface area contributed by atoms with Crippen LogP contribution in [-0.2, 0) is 0 Å². The first-order valence-corrected chi connectivity index (χ1v) is 8.42. The fourth-order valence-corrected chi connectivity index (χ4v) is 3.20. The minimum atomic E-state index is -0.116. The average molecular weight is 347 g/mol. The Hall–Kier alpha value is -2.84. The molecule has 3 heteroatoms. The molecule has 1 aliphatic rings. The second-order valence-corrected chi connectivity index (χ2v) is 6.29. The molecule has 1 heterocycles. The van der Waals surface area contributed by atoms with Crippen LogP contribution in [-0.4, -0.2) is 12.4 Å². The van der Waals surface area contributed by atoms with E-state index in [1.165, 1.54) is 5.39 Å². The Kier molecular flexibility index (Phi) is 4.12. The first-order chi connectivity index (χ1) is 12.2. The van der Waals surface area contributed by atoms with Crippen LogP contribution in [0.2, 0.25) is 5.02 Å². The number of ether oxygens (including phenoxy) is 1. The monoisotopic (exact) mass is 346 g/mol. The van der Waals surface area contributed by atoms with Crippen molar-refractivity contribution in [3.05, 3.63) is 94.5 Å². The molecule has 1 aliphatic heterocycles. The number of benzene rings is 3. The lowest BCUT2D eigenvalue weighted by Crippen LogP contribution is -2.06. The van der Waals surface area contributed by atoms with Crippen molar-refractivity contribution in [2.24, 2.45) is 0 Å². The molecule has 3 aromatic rings. The van der Waals surface area contributed by atoms with Crippen LogP contribution < -0.4 is 4.74 Å². The molecule has 25 heavy (non-hydrogen) atoms. The Bertz CT molecular complexity index is 1030. The Morgan fingerprint density at radius 2 is 1.80 bits per heavy atom. The van der Waals surface area contributed by atoms with Crippen molar-refractivity contribution in [3.63, 3.8) is 0 Å². The Morgan fingerprint density at radius 3 is 2.68 bits per heavy atom. The van der Waals surface area contributed by atoms with E-state index < -0.39 is 0 Å². The van der Waals surface area contributed by atoms with Crippen molar-refractivity contribution in [2.75, 3.05) is 6.61 Å². The molecule has 0 saturated heterocycles. The van der Waals surface area contributed by atoms with Gasteiger partial charge in [0.2, 0.25) is 0 Å². The van der Waals surface area contributed by atoms with Crippen LogP contribution in [0.15, 0.2) is 78.4 Å². The molecule has 0 aliphatic carbocycles. The van der Waals surface area contributed by atoms with Crippen LogP contribution in [0.4, 0.5) is 0 Å². The SMILES string of the molecule is O=C(/C=C/C1=Cc2c(ccc3ccccc23)OC1)c1ccccc1Cl. The summed E-state index contributed by atoms with van der Waals surface area (Å²) in [5.74, 6) is 0.753. The maximum atomic E-state index is 12.3. The quantitative estimate of drug-likeness (QED) is 0.448. The highest BCUT2D eigenvalue weighted by atomic mass is 35.5. The topological polar surface area (TPSA) is 26.3 Å². The summed E-state index contributed by atoms with van der Waals surface area (Å²) in [6.07, 6.45) is 5.43. The molecule has 0 aromatic heterocycles. The van der Waals surface area contributed by atoms with Crippen LogP contribution in [0.25, 0.3) is 16.8 Å². The van der Waals surface area contributed by atoms with Crippen LogP contribution >= 0.6 is 11.6 Å². The van der Waals surface area contributed by atoms with Gasteiger partial charge in [-0.15, -0.1) is 0 Å². The fourth-order valence-electron chi connectivity index (χ4n) is 2.97. The van der Waals surface area contributed by atoms with Gasteiger partial charge in [0.05, 0.1) is 5.02 Å². The van der Waals surface area contributed by atoms with Crippen molar-refractivity contribution in [2.45, 2.75) is 0 Å². The third-order valence-corrected chi connectivity index (χ3v) is 4.57. The van der Waals surface area contributed by atoms with Crippen molar-refractivity contribution >= 4 is 34.2 Å². The number of fused-ring (bicyclic) bond motifs is 3. The van der Waals surface area contributed by atoms with Gasteiger partial charge >= 0.3 is 0 Å². The van der Waals surface area contributed by atoms with Gasteiger partial charge in [0, 0.05) is 11.1 Å². The lowest BCUT2D eigenvalue weighted by Gasteiger charge is -2.18. The molecule has 0 radical (unpaired) electrons. The summed E-state index contributed by atoms with van der Waals surface area (Å²) >= 11 is 6.08. The van der Waals surface area contributed by atoms with Crippen LogP contribution in [0.5, 0.6) is 5.75 Å². The number of halogens is 1. The maximum Gasteiger partial charge on any atom is 0.187 e. The van der Waals surface area contributed by atoms with Crippen molar-refractivity contribution in [1.29, 1.82) is 0 Å². The van der Waals surface area contributed by atoms with Gasteiger partial charge in [-0.25, -0.2) is 0 Å². The summed E-state index contributed by atoms with van der Waals surface area (Å²) in [6.45, 7) is 0.442. The van der Waals surface area contributed by atoms with Gasteiger partial charge < -0.3 is 4.74 Å². The summed E-state index contributed by atoms with van der Waals surface area (Å²) in [7, 11) is 0. The largest absolute Gasteiger partial charge is 0.488 e. The maximum absolute atomic E-state index is 12.3. The molecule has 0 N–H and O–H groups in total. The standard InChI is InChI=1S/C22H15ClO2/c23-20-8-4-3-7-18(20)21(24)11-9-15-13-19-17-6-2-1-5-16(17)10-12-22(19)25-14-15/h1-13H,14H2/b11-9+. The molecule has 0 bridgehead atoms. The predicted molar refractivity (Wildman–Crippen MR) is 102 cm³/mol. The number of allylic oxidation sites excluding steroid dienone is 1. The third-order valence-electron chi connectivity index (χ3n) is 4.24. The number of ketones is 1. The number of hydrogen-bond donors (Lipinski definition) is 0. The van der Waals surface area contributed by atoms with E-state index in [1.54, 1.807) is 30.4 Å². The molecular weight excluding hydrogens is 332 g/mol. The summed E-state index contributed by atoms with van der Waals surface area (Å²) in [5.41, 5.74) is 2.50. The molecule has 2 nitrogen and oxygen atoms in total. The zero-order chi connectivity index (χ0) is 17.2. The number of hydrogen-bond acceptors (Lipinski definition) is 2. The smallest absolute Gasteiger partial charge is 0.187 e. The summed E-state index contributed by atoms with van der Waals surface area (Å²) < 4.78 is 5.85. The molecule has 4 rings (SSSR count). The van der Waals surface area contributed by atoms with Crippen molar-refractivity contribution < 1.29 is 9.53 Å². The Labute approximate surface area is 151 Å². The molecule has 0 saturated carbocycles. The lowest BCUT2D eigenvalue weighted by atomic mass is 9.99. The van der Waals surface area contributed by atoms with Crippen LogP contribution in [0.3, 0.4) is 0 Å². The summed E-state index contributed by atoms with van der Waals surface area (Å²) in [6, 6.07) is 19.3. The van der Waals surface area contributed by atoms with E-state index in [-0.39, 0.29) is 5.78 Å². The number of carbonyl (C=O) groups excluding carboxylic acids is 1. The van der Waals surface area contributed by atoms with Crippen molar-refractivity contribution in [3.8, 4) is 5.75 Å². The second kappa shape index (κ2) is 6.58. The molecular formula is C22H15ClO2. The lowest BCUT2D eigenvalue weighted by molar-refractivity contribution is 0.104. The van der Waals surface area contributed by atoms with Crippen LogP contribution in [0, 0.1) is 0 Å². The van der Waals surface area contributed by atoms with E-state index in [1.807, 2.05) is 24.3 Å². The summed E-state index contributed by atoms with van der Waals surface area (Å²) in [4.78, 5) is 12.3. The highest BCUT2D eigenvalue weighted by Crippen LogP contribution is 2.33. The second-order valence-electron chi connectivity index (χ2n) is 5.88. The summed E-state index contributed by atoms with van der Waals surface area (Å²) in [5, 5.41) is 2.77. The van der Waals surface area contributed by atoms with Gasteiger partial charge in [0.15, 0.2) is 5.78 Å². The highest BCUT2D eigenvalue weighted by molar-refractivity contribution is 6.34. The van der Waals surface area contributed by atoms with E-state index in [4.69, 9.17) is 16.3 Å². The van der Waals surface area contributed by atoms with E-state index in [0.29, 0.717) is 17.2 Å². The zero-order valence-electron chi connectivity index (χ0n) is 13.4. The fraction of sp³-hybridized carbons (Fsp3) is 0.0455. The van der Waals surface area contributed by atoms with Gasteiger partial charge in [-0.05, 0) is 46.7 Å². The van der Waals surface area contributed by atoms with E-state index >= 15 is 0 Å². The molecule has 0 fully saturated rings. The number of carbonyl (C=O) groups is 1. The van der Waals surface area contributed by atoms with E-state index in [0.717, 1.165) is 22.3 Å². The minimum absolute atomic E-state index is 0.116. The molecule has 122 valence electrons. The molecule has 0 amide bonds.